The molecule has 96 valence electrons. The summed E-state index contributed by atoms with van der Waals surface area (Å²) >= 11 is 0. The van der Waals surface area contributed by atoms with Gasteiger partial charge in [0.25, 0.3) is 0 Å². The van der Waals surface area contributed by atoms with Crippen LogP contribution in [-0.4, -0.2) is 28.3 Å². The van der Waals surface area contributed by atoms with E-state index >= 15 is 0 Å². The highest BCUT2D eigenvalue weighted by atomic mass is 15.3. The lowest BCUT2D eigenvalue weighted by Crippen LogP contribution is -2.16. The fourth-order valence-corrected chi connectivity index (χ4v) is 1.68. The van der Waals surface area contributed by atoms with Crippen molar-refractivity contribution in [1.82, 2.24) is 14.7 Å². The number of fused-ring (bicyclic) bond motifs is 1. The van der Waals surface area contributed by atoms with Gasteiger partial charge in [0.05, 0.1) is 5.69 Å². The Kier molecular flexibility index (Phi) is 8.08. The number of nitrogens with zero attached hydrogens (tertiary/aromatic N) is 4. The molecule has 2 rings (SSSR count). The number of hydrogen-bond donors (Lipinski definition) is 0. The van der Waals surface area contributed by atoms with Crippen LogP contribution in [0.25, 0.3) is 0 Å². The molecule has 0 unspecified atom stereocenters. The van der Waals surface area contributed by atoms with Gasteiger partial charge < -0.3 is 4.90 Å². The minimum atomic E-state index is 0.533. The van der Waals surface area contributed by atoms with Gasteiger partial charge in [0.1, 0.15) is 6.07 Å². The van der Waals surface area contributed by atoms with Crippen LogP contribution >= 0.6 is 0 Å². The van der Waals surface area contributed by atoms with E-state index in [0.29, 0.717) is 5.69 Å². The lowest BCUT2D eigenvalue weighted by molar-refractivity contribution is 0.332. The second-order valence-corrected chi connectivity index (χ2v) is 3.45. The molecular weight excluding hydrogens is 212 g/mol. The standard InChI is InChI=1S/C9H12N4.2C2H6/c1-12-3-2-4-13-9(7-12)5-8(6-10)11-13;2*1-2/h5H,2-4,7H2,1H3;2*1-2H3. The second kappa shape index (κ2) is 8.77. The Labute approximate surface area is 105 Å². The molecule has 0 amide bonds. The third kappa shape index (κ3) is 4.58. The highest BCUT2D eigenvalue weighted by Gasteiger charge is 2.13. The normalized spacial score (nSPS) is 14.1. The molecule has 0 N–H and O–H groups in total. The minimum absolute atomic E-state index is 0.533. The Balaban J connectivity index is 0.000000581. The van der Waals surface area contributed by atoms with E-state index in [0.717, 1.165) is 31.7 Å². The van der Waals surface area contributed by atoms with Crippen molar-refractivity contribution < 1.29 is 0 Å². The first kappa shape index (κ1) is 15.7. The van der Waals surface area contributed by atoms with E-state index in [2.05, 4.69) is 23.1 Å². The zero-order valence-corrected chi connectivity index (χ0v) is 11.7. The first-order valence-corrected chi connectivity index (χ1v) is 6.45. The predicted molar refractivity (Wildman–Crippen MR) is 70.6 cm³/mol. The largest absolute Gasteiger partial charge is 0.300 e. The van der Waals surface area contributed by atoms with E-state index < -0.39 is 0 Å². The molecular formula is C13H24N4. The van der Waals surface area contributed by atoms with E-state index in [4.69, 9.17) is 5.26 Å². The highest BCUT2D eigenvalue weighted by Crippen LogP contribution is 2.11. The van der Waals surface area contributed by atoms with E-state index in [9.17, 15) is 0 Å². The molecule has 0 saturated carbocycles. The lowest BCUT2D eigenvalue weighted by atomic mass is 10.3. The van der Waals surface area contributed by atoms with Crippen LogP contribution in [0.4, 0.5) is 0 Å². The van der Waals surface area contributed by atoms with Crippen molar-refractivity contribution in [2.24, 2.45) is 0 Å². The number of rotatable bonds is 0. The Morgan fingerprint density at radius 1 is 1.24 bits per heavy atom. The predicted octanol–water partition coefficient (Wildman–Crippen LogP) is 2.64. The molecule has 1 aliphatic heterocycles. The van der Waals surface area contributed by atoms with Crippen molar-refractivity contribution in [2.75, 3.05) is 13.6 Å². The van der Waals surface area contributed by atoms with Crippen LogP contribution in [-0.2, 0) is 13.1 Å². The molecule has 4 nitrogen and oxygen atoms in total. The number of hydrogen-bond acceptors (Lipinski definition) is 3. The van der Waals surface area contributed by atoms with Gasteiger partial charge in [-0.3, -0.25) is 4.68 Å². The number of aromatic nitrogens is 2. The molecule has 1 aromatic heterocycles. The fraction of sp³-hybridized carbons (Fsp3) is 0.692. The number of nitriles is 1. The summed E-state index contributed by atoms with van der Waals surface area (Å²) in [5.74, 6) is 0. The lowest BCUT2D eigenvalue weighted by Gasteiger charge is -2.10. The van der Waals surface area contributed by atoms with Crippen LogP contribution in [0.1, 0.15) is 45.5 Å². The summed E-state index contributed by atoms with van der Waals surface area (Å²) in [6.07, 6.45) is 1.11. The summed E-state index contributed by atoms with van der Waals surface area (Å²) in [4.78, 5) is 2.25. The third-order valence-corrected chi connectivity index (χ3v) is 2.32. The first-order chi connectivity index (χ1) is 8.29. The van der Waals surface area contributed by atoms with Gasteiger partial charge in [0, 0.05) is 19.6 Å². The van der Waals surface area contributed by atoms with Crippen LogP contribution in [0.5, 0.6) is 0 Å². The van der Waals surface area contributed by atoms with Crippen molar-refractivity contribution in [1.29, 1.82) is 5.26 Å². The topological polar surface area (TPSA) is 44.9 Å². The molecule has 0 bridgehead atoms. The summed E-state index contributed by atoms with van der Waals surface area (Å²) < 4.78 is 1.95. The Morgan fingerprint density at radius 3 is 2.47 bits per heavy atom. The van der Waals surface area contributed by atoms with Gasteiger partial charge in [0.15, 0.2) is 5.69 Å². The number of aryl methyl sites for hydroxylation is 1. The first-order valence-electron chi connectivity index (χ1n) is 6.45. The highest BCUT2D eigenvalue weighted by molar-refractivity contribution is 5.22. The zero-order chi connectivity index (χ0) is 13.3. The average Bonchev–Trinajstić information content (AvgIpc) is 2.68. The van der Waals surface area contributed by atoms with Crippen LogP contribution in [0.2, 0.25) is 0 Å². The quantitative estimate of drug-likeness (QED) is 0.695. The zero-order valence-electron chi connectivity index (χ0n) is 11.7. The molecule has 0 saturated heterocycles. The molecule has 4 heteroatoms. The molecule has 0 aliphatic carbocycles. The van der Waals surface area contributed by atoms with Crippen molar-refractivity contribution in [2.45, 2.75) is 47.2 Å². The van der Waals surface area contributed by atoms with Gasteiger partial charge >= 0.3 is 0 Å². The summed E-state index contributed by atoms with van der Waals surface area (Å²) in [7, 11) is 2.09. The maximum atomic E-state index is 8.68. The summed E-state index contributed by atoms with van der Waals surface area (Å²) in [6.45, 7) is 10.9. The molecule has 17 heavy (non-hydrogen) atoms. The van der Waals surface area contributed by atoms with E-state index in [1.807, 2.05) is 38.4 Å². The fourth-order valence-electron chi connectivity index (χ4n) is 1.68. The Bertz CT molecular complexity index is 349. The van der Waals surface area contributed by atoms with E-state index in [-0.39, 0.29) is 0 Å². The summed E-state index contributed by atoms with van der Waals surface area (Å²) in [5, 5.41) is 12.9. The van der Waals surface area contributed by atoms with E-state index in [1.54, 1.807) is 0 Å². The van der Waals surface area contributed by atoms with Crippen molar-refractivity contribution in [3.63, 3.8) is 0 Å². The van der Waals surface area contributed by atoms with Crippen molar-refractivity contribution in [3.05, 3.63) is 17.5 Å². The van der Waals surface area contributed by atoms with Crippen molar-refractivity contribution in [3.8, 4) is 6.07 Å². The van der Waals surface area contributed by atoms with Gasteiger partial charge in [-0.2, -0.15) is 10.4 Å². The molecule has 0 radical (unpaired) electrons. The van der Waals surface area contributed by atoms with Crippen molar-refractivity contribution >= 4 is 0 Å². The molecule has 0 fully saturated rings. The third-order valence-electron chi connectivity index (χ3n) is 2.32. The van der Waals surface area contributed by atoms with E-state index in [1.165, 1.54) is 0 Å². The maximum Gasteiger partial charge on any atom is 0.162 e. The molecule has 0 spiro atoms. The van der Waals surface area contributed by atoms with Crippen LogP contribution in [0.15, 0.2) is 6.07 Å². The Morgan fingerprint density at radius 2 is 1.88 bits per heavy atom. The monoisotopic (exact) mass is 236 g/mol. The second-order valence-electron chi connectivity index (χ2n) is 3.45. The molecule has 1 aliphatic rings. The van der Waals surface area contributed by atoms with Gasteiger partial charge in [0.2, 0.25) is 0 Å². The van der Waals surface area contributed by atoms with Crippen LogP contribution in [0, 0.1) is 11.3 Å². The van der Waals surface area contributed by atoms with Crippen LogP contribution in [0.3, 0.4) is 0 Å². The SMILES string of the molecule is CC.CC.CN1CCCn2nc(C#N)cc2C1. The van der Waals surface area contributed by atoms with Gasteiger partial charge in [-0.05, 0) is 19.5 Å². The molecule has 0 aromatic carbocycles. The summed E-state index contributed by atoms with van der Waals surface area (Å²) in [5.41, 5.74) is 1.68. The van der Waals surface area contributed by atoms with Gasteiger partial charge in [-0.1, -0.05) is 27.7 Å². The molecule has 2 heterocycles. The summed E-state index contributed by atoms with van der Waals surface area (Å²) in [6, 6.07) is 3.95. The molecule has 1 aromatic rings. The molecule has 0 atom stereocenters. The minimum Gasteiger partial charge on any atom is -0.300 e. The average molecular weight is 236 g/mol. The smallest absolute Gasteiger partial charge is 0.162 e. The maximum absolute atomic E-state index is 8.68. The Hall–Kier alpha value is -1.34. The van der Waals surface area contributed by atoms with Crippen LogP contribution < -0.4 is 0 Å². The van der Waals surface area contributed by atoms with Gasteiger partial charge in [-0.25, -0.2) is 0 Å². The van der Waals surface area contributed by atoms with Gasteiger partial charge in [-0.15, -0.1) is 0 Å².